The first-order chi connectivity index (χ1) is 13.8. The molecule has 1 aromatic carbocycles. The Morgan fingerprint density at radius 1 is 1.31 bits per heavy atom. The maximum Gasteiger partial charge on any atom is 0.278 e. The Labute approximate surface area is 171 Å². The molecule has 0 saturated heterocycles. The zero-order chi connectivity index (χ0) is 20.6. The van der Waals surface area contributed by atoms with Crippen molar-refractivity contribution in [1.29, 1.82) is 0 Å². The van der Waals surface area contributed by atoms with Crippen LogP contribution in [0, 0.1) is 18.3 Å². The molecule has 152 valence electrons. The minimum Gasteiger partial charge on any atom is -0.360 e. The molecule has 1 aliphatic carbocycles. The van der Waals surface area contributed by atoms with Crippen molar-refractivity contribution < 1.29 is 9.32 Å². The van der Waals surface area contributed by atoms with Crippen LogP contribution in [-0.4, -0.2) is 20.8 Å². The number of nitrogens with one attached hydrogen (secondary N) is 1. The molecule has 1 amide bonds. The first-order valence-electron chi connectivity index (χ1n) is 10.2. The third-order valence-corrected chi connectivity index (χ3v) is 5.96. The van der Waals surface area contributed by atoms with Gasteiger partial charge in [-0.3, -0.25) is 9.48 Å². The maximum atomic E-state index is 12.9. The summed E-state index contributed by atoms with van der Waals surface area (Å²) in [7, 11) is 0. The van der Waals surface area contributed by atoms with Crippen LogP contribution in [0.15, 0.2) is 41.2 Å². The molecule has 0 saturated carbocycles. The van der Waals surface area contributed by atoms with Gasteiger partial charge in [-0.1, -0.05) is 50.2 Å². The third-order valence-electron chi connectivity index (χ3n) is 5.96. The van der Waals surface area contributed by atoms with Crippen LogP contribution in [0.1, 0.15) is 60.1 Å². The fourth-order valence-corrected chi connectivity index (χ4v) is 3.99. The van der Waals surface area contributed by atoms with Crippen molar-refractivity contribution in [2.75, 3.05) is 5.32 Å². The number of anilines is 1. The average Bonchev–Trinajstić information content (AvgIpc) is 3.29. The van der Waals surface area contributed by atoms with Crippen LogP contribution in [0.25, 0.3) is 0 Å². The summed E-state index contributed by atoms with van der Waals surface area (Å²) in [4.78, 5) is 12.9. The van der Waals surface area contributed by atoms with Crippen molar-refractivity contribution in [2.45, 2.75) is 53.5 Å². The molecule has 6 heteroatoms. The van der Waals surface area contributed by atoms with Crippen molar-refractivity contribution in [2.24, 2.45) is 11.3 Å². The lowest BCUT2D eigenvalue weighted by molar-refractivity contribution is 0.101. The summed E-state index contributed by atoms with van der Waals surface area (Å²) in [5.41, 5.74) is 4.63. The molecular formula is C23H28N4O2. The highest BCUT2D eigenvalue weighted by atomic mass is 16.5. The molecule has 0 aliphatic heterocycles. The Hall–Kier alpha value is -2.89. The molecule has 0 unspecified atom stereocenters. The molecular weight excluding hydrogens is 364 g/mol. The van der Waals surface area contributed by atoms with E-state index in [-0.39, 0.29) is 11.3 Å². The lowest BCUT2D eigenvalue weighted by Gasteiger charge is -2.33. The summed E-state index contributed by atoms with van der Waals surface area (Å²) in [6.45, 7) is 9.49. The number of carbonyl (C=O) groups is 1. The molecule has 4 rings (SSSR count). The zero-order valence-electron chi connectivity index (χ0n) is 17.5. The van der Waals surface area contributed by atoms with E-state index < -0.39 is 0 Å². The molecule has 2 heterocycles. The molecule has 0 fully saturated rings. The lowest BCUT2D eigenvalue weighted by Crippen LogP contribution is -2.27. The summed E-state index contributed by atoms with van der Waals surface area (Å²) in [6.07, 6.45) is 6.25. The number of hydrogen-bond donors (Lipinski definition) is 1. The van der Waals surface area contributed by atoms with Crippen molar-refractivity contribution in [1.82, 2.24) is 14.9 Å². The van der Waals surface area contributed by atoms with Gasteiger partial charge in [0.05, 0.1) is 18.4 Å². The van der Waals surface area contributed by atoms with E-state index in [1.165, 1.54) is 11.1 Å². The second kappa shape index (κ2) is 7.50. The van der Waals surface area contributed by atoms with Crippen LogP contribution >= 0.6 is 0 Å². The van der Waals surface area contributed by atoms with Gasteiger partial charge in [-0.05, 0) is 42.2 Å². The summed E-state index contributed by atoms with van der Waals surface area (Å²) >= 11 is 0. The molecule has 1 N–H and O–H groups in total. The van der Waals surface area contributed by atoms with E-state index in [0.29, 0.717) is 23.8 Å². The van der Waals surface area contributed by atoms with Gasteiger partial charge in [0.2, 0.25) is 0 Å². The van der Waals surface area contributed by atoms with Gasteiger partial charge >= 0.3 is 0 Å². The minimum atomic E-state index is -0.236. The van der Waals surface area contributed by atoms with Crippen LogP contribution in [-0.2, 0) is 19.4 Å². The fraction of sp³-hybridized carbons (Fsp3) is 0.435. The summed E-state index contributed by atoms with van der Waals surface area (Å²) in [5, 5.41) is 11.4. The number of benzene rings is 1. The maximum absolute atomic E-state index is 12.9. The normalized spacial score (nSPS) is 16.5. The quantitative estimate of drug-likeness (QED) is 0.702. The van der Waals surface area contributed by atoms with Crippen LogP contribution in [0.5, 0.6) is 0 Å². The van der Waals surface area contributed by atoms with Gasteiger partial charge in [-0.2, -0.15) is 5.10 Å². The van der Waals surface area contributed by atoms with Crippen LogP contribution in [0.2, 0.25) is 0 Å². The highest BCUT2D eigenvalue weighted by molar-refractivity contribution is 6.03. The van der Waals surface area contributed by atoms with Gasteiger partial charge in [0.25, 0.3) is 5.91 Å². The van der Waals surface area contributed by atoms with Crippen LogP contribution in [0.4, 0.5) is 5.69 Å². The van der Waals surface area contributed by atoms with Gasteiger partial charge < -0.3 is 9.84 Å². The van der Waals surface area contributed by atoms with Gasteiger partial charge in [-0.25, -0.2) is 0 Å². The predicted octanol–water partition coefficient (Wildman–Crippen LogP) is 4.63. The van der Waals surface area contributed by atoms with E-state index in [1.54, 1.807) is 6.20 Å². The average molecular weight is 393 g/mol. The Balaban J connectivity index is 1.47. The number of amides is 1. The predicted molar refractivity (Wildman–Crippen MR) is 112 cm³/mol. The summed E-state index contributed by atoms with van der Waals surface area (Å²) in [5.74, 6) is 1.13. The van der Waals surface area contributed by atoms with Gasteiger partial charge in [0, 0.05) is 18.2 Å². The number of aryl methyl sites for hydroxylation is 2. The largest absolute Gasteiger partial charge is 0.360 e. The smallest absolute Gasteiger partial charge is 0.278 e. The van der Waals surface area contributed by atoms with Crippen LogP contribution in [0.3, 0.4) is 0 Å². The van der Waals surface area contributed by atoms with Crippen molar-refractivity contribution in [3.8, 4) is 0 Å². The zero-order valence-corrected chi connectivity index (χ0v) is 17.5. The number of aromatic nitrogens is 3. The topological polar surface area (TPSA) is 73.0 Å². The van der Waals surface area contributed by atoms with E-state index >= 15 is 0 Å². The fourth-order valence-electron chi connectivity index (χ4n) is 3.99. The third kappa shape index (κ3) is 4.11. The molecule has 0 radical (unpaired) electrons. The van der Waals surface area contributed by atoms with E-state index in [0.717, 1.165) is 30.6 Å². The summed E-state index contributed by atoms with van der Waals surface area (Å²) in [6, 6.07) is 8.21. The molecule has 29 heavy (non-hydrogen) atoms. The number of rotatable bonds is 4. The SMILES string of the molecule is Cc1ccccc1Cn1cc(NC(=O)c2noc3c2C[C@H](C(C)(C)C)CC3)cn1. The highest BCUT2D eigenvalue weighted by Crippen LogP contribution is 2.38. The number of hydrogen-bond acceptors (Lipinski definition) is 4. The van der Waals surface area contributed by atoms with E-state index in [2.05, 4.69) is 55.4 Å². The van der Waals surface area contributed by atoms with Gasteiger partial charge in [0.15, 0.2) is 5.69 Å². The van der Waals surface area contributed by atoms with Crippen LogP contribution < -0.4 is 5.32 Å². The number of carbonyl (C=O) groups excluding carboxylic acids is 1. The molecule has 6 nitrogen and oxygen atoms in total. The van der Waals surface area contributed by atoms with E-state index in [4.69, 9.17) is 4.52 Å². The van der Waals surface area contributed by atoms with E-state index in [9.17, 15) is 4.79 Å². The number of nitrogens with zero attached hydrogens (tertiary/aromatic N) is 3. The van der Waals surface area contributed by atoms with E-state index in [1.807, 2.05) is 23.0 Å². The van der Waals surface area contributed by atoms with Gasteiger partial charge in [0.1, 0.15) is 5.76 Å². The molecule has 1 aliphatic rings. The second-order valence-corrected chi connectivity index (χ2v) is 9.05. The minimum absolute atomic E-state index is 0.194. The van der Waals surface area contributed by atoms with Gasteiger partial charge in [-0.15, -0.1) is 0 Å². The lowest BCUT2D eigenvalue weighted by atomic mass is 9.71. The summed E-state index contributed by atoms with van der Waals surface area (Å²) < 4.78 is 7.30. The standard InChI is InChI=1S/C23H28N4O2/c1-15-7-5-6-8-16(15)13-27-14-18(12-24-27)25-22(28)21-19-11-17(23(2,3)4)9-10-20(19)29-26-21/h5-8,12,14,17H,9-11,13H2,1-4H3,(H,25,28)/t17-/m1/s1. The first-order valence-corrected chi connectivity index (χ1v) is 10.2. The Morgan fingerprint density at radius 3 is 2.86 bits per heavy atom. The number of fused-ring (bicyclic) bond motifs is 1. The molecule has 0 spiro atoms. The van der Waals surface area contributed by atoms with Crippen molar-refractivity contribution in [3.05, 3.63) is 64.8 Å². The van der Waals surface area contributed by atoms with Crippen molar-refractivity contribution in [3.63, 3.8) is 0 Å². The molecule has 2 aromatic heterocycles. The Bertz CT molecular complexity index is 1030. The highest BCUT2D eigenvalue weighted by Gasteiger charge is 2.34. The second-order valence-electron chi connectivity index (χ2n) is 9.05. The Kier molecular flexibility index (Phi) is 5.03. The first kappa shape index (κ1) is 19.4. The molecule has 1 atom stereocenters. The molecule has 0 bridgehead atoms. The monoisotopic (exact) mass is 392 g/mol. The molecule has 3 aromatic rings. The Morgan fingerprint density at radius 2 is 2.10 bits per heavy atom. The van der Waals surface area contributed by atoms with Crippen molar-refractivity contribution >= 4 is 11.6 Å².